The number of hydrogen-bond acceptors (Lipinski definition) is 5. The van der Waals surface area contributed by atoms with Crippen LogP contribution in [0.5, 0.6) is 0 Å². The summed E-state index contributed by atoms with van der Waals surface area (Å²) in [6.45, 7) is 0. The number of halogens is 1. The minimum Gasteiger partial charge on any atom is -0.337 e. The van der Waals surface area contributed by atoms with E-state index in [1.54, 1.807) is 12.3 Å². The van der Waals surface area contributed by atoms with Gasteiger partial charge in [-0.2, -0.15) is 4.98 Å². The Morgan fingerprint density at radius 2 is 1.95 bits per heavy atom. The third kappa shape index (κ3) is 2.46. The Morgan fingerprint density at radius 1 is 1.11 bits per heavy atom. The second kappa shape index (κ2) is 5.16. The van der Waals surface area contributed by atoms with Crippen LogP contribution >= 0.6 is 11.6 Å². The van der Waals surface area contributed by atoms with Crippen molar-refractivity contribution in [2.75, 3.05) is 0 Å². The van der Waals surface area contributed by atoms with Gasteiger partial charge in [-0.1, -0.05) is 35.5 Å². The van der Waals surface area contributed by atoms with Gasteiger partial charge in [0.1, 0.15) is 17.4 Å². The SMILES string of the molecule is ClC(c1ccccc1)c1nc(-c2ccncn2)no1. The molecular weight excluding hydrogens is 264 g/mol. The maximum atomic E-state index is 6.30. The molecule has 0 amide bonds. The third-order valence-electron chi connectivity index (χ3n) is 2.56. The fraction of sp³-hybridized carbons (Fsp3) is 0.0769. The van der Waals surface area contributed by atoms with Gasteiger partial charge in [0.2, 0.25) is 11.7 Å². The lowest BCUT2D eigenvalue weighted by Crippen LogP contribution is -1.93. The van der Waals surface area contributed by atoms with Gasteiger partial charge in [-0.3, -0.25) is 0 Å². The van der Waals surface area contributed by atoms with Gasteiger partial charge in [-0.25, -0.2) is 9.97 Å². The van der Waals surface area contributed by atoms with Crippen LogP contribution in [-0.2, 0) is 0 Å². The van der Waals surface area contributed by atoms with Gasteiger partial charge in [-0.05, 0) is 11.6 Å². The first kappa shape index (κ1) is 11.8. The van der Waals surface area contributed by atoms with E-state index in [1.807, 2.05) is 30.3 Å². The van der Waals surface area contributed by atoms with Gasteiger partial charge in [0.25, 0.3) is 0 Å². The standard InChI is InChI=1S/C13H9ClN4O/c14-11(9-4-2-1-3-5-9)13-17-12(18-19-13)10-6-7-15-8-16-10/h1-8,11H. The predicted molar refractivity (Wildman–Crippen MR) is 69.5 cm³/mol. The van der Waals surface area contributed by atoms with E-state index in [0.717, 1.165) is 5.56 Å². The molecule has 0 aliphatic heterocycles. The number of nitrogens with zero attached hydrogens (tertiary/aromatic N) is 4. The van der Waals surface area contributed by atoms with E-state index >= 15 is 0 Å². The second-order valence-corrected chi connectivity index (χ2v) is 4.26. The molecule has 6 heteroatoms. The monoisotopic (exact) mass is 272 g/mol. The quantitative estimate of drug-likeness (QED) is 0.686. The lowest BCUT2D eigenvalue weighted by atomic mass is 10.1. The average Bonchev–Trinajstić information content (AvgIpc) is 2.98. The van der Waals surface area contributed by atoms with E-state index in [0.29, 0.717) is 17.4 Å². The summed E-state index contributed by atoms with van der Waals surface area (Å²) < 4.78 is 5.18. The maximum absolute atomic E-state index is 6.30. The minimum atomic E-state index is -0.468. The zero-order valence-electron chi connectivity index (χ0n) is 9.77. The summed E-state index contributed by atoms with van der Waals surface area (Å²) in [6, 6.07) is 11.3. The summed E-state index contributed by atoms with van der Waals surface area (Å²) in [5.41, 5.74) is 1.50. The highest BCUT2D eigenvalue weighted by Crippen LogP contribution is 2.28. The van der Waals surface area contributed by atoms with Crippen LogP contribution in [0.4, 0.5) is 0 Å². The van der Waals surface area contributed by atoms with Crippen molar-refractivity contribution in [2.24, 2.45) is 0 Å². The van der Waals surface area contributed by atoms with Gasteiger partial charge in [-0.15, -0.1) is 11.6 Å². The average molecular weight is 273 g/mol. The van der Waals surface area contributed by atoms with Crippen LogP contribution in [0.15, 0.2) is 53.4 Å². The van der Waals surface area contributed by atoms with Crippen molar-refractivity contribution in [3.8, 4) is 11.5 Å². The largest absolute Gasteiger partial charge is 0.337 e. The Bertz CT molecular complexity index is 657. The van der Waals surface area contributed by atoms with Crippen LogP contribution in [-0.4, -0.2) is 20.1 Å². The molecule has 19 heavy (non-hydrogen) atoms. The molecule has 1 aromatic carbocycles. The molecule has 0 radical (unpaired) electrons. The fourth-order valence-electron chi connectivity index (χ4n) is 1.63. The van der Waals surface area contributed by atoms with E-state index in [9.17, 15) is 0 Å². The third-order valence-corrected chi connectivity index (χ3v) is 3.00. The topological polar surface area (TPSA) is 64.7 Å². The van der Waals surface area contributed by atoms with Crippen molar-refractivity contribution in [3.63, 3.8) is 0 Å². The van der Waals surface area contributed by atoms with Crippen LogP contribution in [0, 0.1) is 0 Å². The number of hydrogen-bond donors (Lipinski definition) is 0. The summed E-state index contributed by atoms with van der Waals surface area (Å²) >= 11 is 6.30. The Morgan fingerprint density at radius 3 is 2.68 bits per heavy atom. The van der Waals surface area contributed by atoms with Crippen molar-refractivity contribution in [3.05, 3.63) is 60.4 Å². The van der Waals surface area contributed by atoms with Crippen LogP contribution in [0.2, 0.25) is 0 Å². The molecule has 1 unspecified atom stereocenters. The second-order valence-electron chi connectivity index (χ2n) is 3.82. The maximum Gasteiger partial charge on any atom is 0.249 e. The molecule has 0 saturated heterocycles. The van der Waals surface area contributed by atoms with Crippen molar-refractivity contribution < 1.29 is 4.52 Å². The van der Waals surface area contributed by atoms with Crippen LogP contribution in [0.25, 0.3) is 11.5 Å². The summed E-state index contributed by atoms with van der Waals surface area (Å²) in [6.07, 6.45) is 3.05. The zero-order valence-corrected chi connectivity index (χ0v) is 10.5. The van der Waals surface area contributed by atoms with Gasteiger partial charge in [0, 0.05) is 6.20 Å². The van der Waals surface area contributed by atoms with Gasteiger partial charge >= 0.3 is 0 Å². The zero-order chi connectivity index (χ0) is 13.1. The van der Waals surface area contributed by atoms with Crippen LogP contribution in [0.1, 0.15) is 16.8 Å². The van der Waals surface area contributed by atoms with E-state index in [-0.39, 0.29) is 0 Å². The molecular formula is C13H9ClN4O. The molecule has 0 aliphatic carbocycles. The molecule has 94 valence electrons. The highest BCUT2D eigenvalue weighted by atomic mass is 35.5. The smallest absolute Gasteiger partial charge is 0.249 e. The first-order valence-electron chi connectivity index (χ1n) is 5.63. The molecule has 0 saturated carbocycles. The molecule has 0 spiro atoms. The van der Waals surface area contributed by atoms with Crippen molar-refractivity contribution in [1.29, 1.82) is 0 Å². The lowest BCUT2D eigenvalue weighted by molar-refractivity contribution is 0.383. The van der Waals surface area contributed by atoms with Crippen molar-refractivity contribution in [1.82, 2.24) is 20.1 Å². The molecule has 3 rings (SSSR count). The lowest BCUT2D eigenvalue weighted by Gasteiger charge is -2.03. The molecule has 2 aromatic heterocycles. The highest BCUT2D eigenvalue weighted by Gasteiger charge is 2.19. The van der Waals surface area contributed by atoms with Gasteiger partial charge in [0.15, 0.2) is 0 Å². The van der Waals surface area contributed by atoms with E-state index in [2.05, 4.69) is 20.1 Å². The molecule has 0 bridgehead atoms. The Hall–Kier alpha value is -2.27. The minimum absolute atomic E-state index is 0.349. The highest BCUT2D eigenvalue weighted by molar-refractivity contribution is 6.22. The fourth-order valence-corrected chi connectivity index (χ4v) is 1.86. The summed E-state index contributed by atoms with van der Waals surface area (Å²) in [7, 11) is 0. The summed E-state index contributed by atoms with van der Waals surface area (Å²) in [5, 5.41) is 3.40. The van der Waals surface area contributed by atoms with E-state index < -0.39 is 5.38 Å². The van der Waals surface area contributed by atoms with Crippen LogP contribution in [0.3, 0.4) is 0 Å². The number of aromatic nitrogens is 4. The molecule has 2 heterocycles. The molecule has 0 aliphatic rings. The van der Waals surface area contributed by atoms with E-state index in [4.69, 9.17) is 16.1 Å². The summed E-state index contributed by atoms with van der Waals surface area (Å²) in [4.78, 5) is 12.1. The first-order chi connectivity index (χ1) is 9.34. The van der Waals surface area contributed by atoms with Crippen molar-refractivity contribution in [2.45, 2.75) is 5.38 Å². The van der Waals surface area contributed by atoms with Crippen LogP contribution < -0.4 is 0 Å². The van der Waals surface area contributed by atoms with Gasteiger partial charge < -0.3 is 4.52 Å². The molecule has 1 atom stereocenters. The van der Waals surface area contributed by atoms with Crippen molar-refractivity contribution >= 4 is 11.6 Å². The molecule has 0 N–H and O–H groups in total. The Balaban J connectivity index is 1.90. The predicted octanol–water partition coefficient (Wildman–Crippen LogP) is 2.85. The van der Waals surface area contributed by atoms with E-state index in [1.165, 1.54) is 6.33 Å². The molecule has 0 fully saturated rings. The number of benzene rings is 1. The molecule has 3 aromatic rings. The summed E-state index contributed by atoms with van der Waals surface area (Å²) in [5.74, 6) is 0.750. The normalized spacial score (nSPS) is 12.3. The Labute approximate surface area is 114 Å². The Kier molecular flexibility index (Phi) is 3.20. The first-order valence-corrected chi connectivity index (χ1v) is 6.07. The number of alkyl halides is 1. The molecule has 5 nitrogen and oxygen atoms in total. The number of rotatable bonds is 3. The van der Waals surface area contributed by atoms with Gasteiger partial charge in [0.05, 0.1) is 0 Å².